The van der Waals surface area contributed by atoms with Crippen LogP contribution in [0.5, 0.6) is 0 Å². The first kappa shape index (κ1) is 17.9. The number of aliphatic hydroxyl groups excluding tert-OH is 1. The van der Waals surface area contributed by atoms with Gasteiger partial charge in [-0.3, -0.25) is 9.40 Å². The lowest BCUT2D eigenvalue weighted by atomic mass is 10.1. The van der Waals surface area contributed by atoms with Gasteiger partial charge in [0.15, 0.2) is 0 Å². The Balaban J connectivity index is 1.99. The Bertz CT molecular complexity index is 1090. The number of aromatic amines is 1. The highest BCUT2D eigenvalue weighted by Crippen LogP contribution is 2.30. The van der Waals surface area contributed by atoms with Crippen molar-refractivity contribution in [2.75, 3.05) is 18.0 Å². The molecule has 26 heavy (non-hydrogen) atoms. The van der Waals surface area contributed by atoms with Crippen molar-refractivity contribution in [2.45, 2.75) is 17.9 Å². The van der Waals surface area contributed by atoms with Gasteiger partial charge in [-0.1, -0.05) is 6.07 Å². The maximum absolute atomic E-state index is 12.8. The molecular weight excluding hydrogens is 361 g/mol. The fourth-order valence-electron chi connectivity index (χ4n) is 2.66. The van der Waals surface area contributed by atoms with E-state index in [0.717, 1.165) is 22.6 Å². The summed E-state index contributed by atoms with van der Waals surface area (Å²) in [5, 5.41) is 22.7. The zero-order valence-electron chi connectivity index (χ0n) is 13.8. The number of nitrogens with one attached hydrogen (secondary N) is 2. The van der Waals surface area contributed by atoms with Crippen LogP contribution in [0.1, 0.15) is 17.2 Å². The number of sulfonamides is 1. The first-order valence-electron chi connectivity index (χ1n) is 7.66. The number of hydrogen-bond donors (Lipinski definition) is 3. The van der Waals surface area contributed by atoms with Gasteiger partial charge in [0.25, 0.3) is 10.0 Å². The Morgan fingerprint density at radius 2 is 2.27 bits per heavy atom. The third kappa shape index (κ3) is 3.02. The molecule has 0 aliphatic carbocycles. The minimum atomic E-state index is -3.98. The largest absolute Gasteiger partial charge is 0.394 e. The normalized spacial score (nSPS) is 12.8. The summed E-state index contributed by atoms with van der Waals surface area (Å²) in [5.74, 6) is 0. The molecule has 0 radical (unpaired) electrons. The summed E-state index contributed by atoms with van der Waals surface area (Å²) >= 11 is 0. The first-order valence-corrected chi connectivity index (χ1v) is 9.14. The van der Waals surface area contributed by atoms with E-state index in [9.17, 15) is 18.1 Å². The van der Waals surface area contributed by atoms with Crippen LogP contribution in [0, 0.1) is 18.3 Å². The minimum absolute atomic E-state index is 0.162. The van der Waals surface area contributed by atoms with Gasteiger partial charge in [0.05, 0.1) is 29.6 Å². The van der Waals surface area contributed by atoms with Crippen molar-refractivity contribution in [3.05, 3.63) is 41.9 Å². The summed E-state index contributed by atoms with van der Waals surface area (Å²) in [6, 6.07) is 4.43. The average Bonchev–Trinajstić information content (AvgIpc) is 3.26. The number of nitrogens with zero attached hydrogens (tertiary/aromatic N) is 3. The molecule has 136 valence electrons. The Morgan fingerprint density at radius 3 is 2.92 bits per heavy atom. The highest BCUT2D eigenvalue weighted by molar-refractivity contribution is 7.92. The van der Waals surface area contributed by atoms with Crippen molar-refractivity contribution in [3.8, 4) is 6.07 Å². The molecule has 8 nitrogen and oxygen atoms in total. The van der Waals surface area contributed by atoms with Gasteiger partial charge in [0.2, 0.25) is 0 Å². The lowest BCUT2D eigenvalue weighted by molar-refractivity contribution is 0.190. The maximum atomic E-state index is 12.8. The molecule has 0 spiro atoms. The molecule has 1 atom stereocenters. The second-order valence-corrected chi connectivity index (χ2v) is 7.43. The molecule has 0 saturated carbocycles. The summed E-state index contributed by atoms with van der Waals surface area (Å²) in [6.07, 6.45) is 3.76. The van der Waals surface area contributed by atoms with E-state index in [1.54, 1.807) is 12.1 Å². The van der Waals surface area contributed by atoms with Crippen LogP contribution in [-0.4, -0.2) is 41.6 Å². The standard InChI is InChI=1S/C16H16FN5O3S/c1-10-2-3-14(16-15(10)11(5-18)6-19-16)21-26(24,25)13-7-20-22(8-13)12(4-17)9-23/h2-3,6-8,12,19,21,23H,4,9H2,1H3/t12-/m1/s1. The van der Waals surface area contributed by atoms with Crippen molar-refractivity contribution >= 4 is 26.6 Å². The van der Waals surface area contributed by atoms with Crippen molar-refractivity contribution < 1.29 is 17.9 Å². The summed E-state index contributed by atoms with van der Waals surface area (Å²) in [5.41, 5.74) is 2.03. The summed E-state index contributed by atoms with van der Waals surface area (Å²) in [4.78, 5) is 2.75. The number of alkyl halides is 1. The van der Waals surface area contributed by atoms with Crippen molar-refractivity contribution in [3.63, 3.8) is 0 Å². The van der Waals surface area contributed by atoms with Crippen molar-refractivity contribution in [1.82, 2.24) is 14.8 Å². The highest BCUT2D eigenvalue weighted by Gasteiger charge is 2.21. The van der Waals surface area contributed by atoms with Crippen LogP contribution in [0.25, 0.3) is 10.9 Å². The Kier molecular flexibility index (Phi) is 4.67. The topological polar surface area (TPSA) is 124 Å². The van der Waals surface area contributed by atoms with E-state index in [2.05, 4.69) is 20.9 Å². The third-order valence-corrected chi connectivity index (χ3v) is 5.38. The molecule has 3 N–H and O–H groups in total. The number of halogens is 1. The molecule has 0 saturated heterocycles. The van der Waals surface area contributed by atoms with E-state index >= 15 is 0 Å². The molecule has 0 bridgehead atoms. The van der Waals surface area contributed by atoms with Crippen molar-refractivity contribution in [1.29, 1.82) is 5.26 Å². The van der Waals surface area contributed by atoms with Gasteiger partial charge < -0.3 is 10.1 Å². The number of rotatable bonds is 6. The van der Waals surface area contributed by atoms with Crippen LogP contribution < -0.4 is 4.72 Å². The molecule has 0 amide bonds. The van der Waals surface area contributed by atoms with E-state index in [4.69, 9.17) is 5.11 Å². The predicted octanol–water partition coefficient (Wildman–Crippen LogP) is 1.85. The fraction of sp³-hybridized carbons (Fsp3) is 0.250. The number of hydrogen-bond acceptors (Lipinski definition) is 5. The Hall–Kier alpha value is -2.90. The van der Waals surface area contributed by atoms with Crippen LogP contribution >= 0.6 is 0 Å². The first-order chi connectivity index (χ1) is 12.4. The van der Waals surface area contributed by atoms with E-state index in [-0.39, 0.29) is 10.6 Å². The molecule has 0 fully saturated rings. The molecule has 3 aromatic rings. The zero-order chi connectivity index (χ0) is 18.9. The van der Waals surface area contributed by atoms with E-state index in [1.165, 1.54) is 6.20 Å². The van der Waals surface area contributed by atoms with Crippen LogP contribution in [0.3, 0.4) is 0 Å². The van der Waals surface area contributed by atoms with Gasteiger partial charge in [-0.25, -0.2) is 12.8 Å². The molecule has 2 aromatic heterocycles. The van der Waals surface area contributed by atoms with Crippen molar-refractivity contribution in [2.24, 2.45) is 0 Å². The van der Waals surface area contributed by atoms with Gasteiger partial charge >= 0.3 is 0 Å². The number of fused-ring (bicyclic) bond motifs is 1. The molecule has 3 rings (SSSR count). The maximum Gasteiger partial charge on any atom is 0.265 e. The van der Waals surface area contributed by atoms with Gasteiger partial charge in [-0.05, 0) is 18.6 Å². The molecule has 1 aromatic carbocycles. The molecular formula is C16H16FN5O3S. The molecule has 0 aliphatic heterocycles. The van der Waals surface area contributed by atoms with Gasteiger partial charge in [0, 0.05) is 17.8 Å². The molecule has 0 unspecified atom stereocenters. The average molecular weight is 377 g/mol. The third-order valence-electron chi connectivity index (χ3n) is 4.06. The summed E-state index contributed by atoms with van der Waals surface area (Å²) in [6.45, 7) is 0.456. The molecule has 0 aliphatic rings. The SMILES string of the molecule is Cc1ccc(NS(=O)(=O)c2cnn([C@@H](CO)CF)c2)c2[nH]cc(C#N)c12. The van der Waals surface area contributed by atoms with Crippen LogP contribution in [0.4, 0.5) is 10.1 Å². The predicted molar refractivity (Wildman–Crippen MR) is 92.9 cm³/mol. The van der Waals surface area contributed by atoms with Gasteiger partial charge in [0.1, 0.15) is 23.7 Å². The van der Waals surface area contributed by atoms with E-state index < -0.39 is 29.3 Å². The zero-order valence-corrected chi connectivity index (χ0v) is 14.6. The smallest absolute Gasteiger partial charge is 0.265 e. The fourth-order valence-corrected chi connectivity index (χ4v) is 3.67. The minimum Gasteiger partial charge on any atom is -0.394 e. The monoisotopic (exact) mass is 377 g/mol. The van der Waals surface area contributed by atoms with Crippen LogP contribution in [0.15, 0.2) is 35.6 Å². The van der Waals surface area contributed by atoms with E-state index in [0.29, 0.717) is 16.5 Å². The van der Waals surface area contributed by atoms with Crippen LogP contribution in [0.2, 0.25) is 0 Å². The second kappa shape index (κ2) is 6.78. The van der Waals surface area contributed by atoms with E-state index in [1.807, 2.05) is 6.92 Å². The number of H-pyrrole nitrogens is 1. The molecule has 10 heteroatoms. The van der Waals surface area contributed by atoms with Gasteiger partial charge in [-0.15, -0.1) is 0 Å². The number of aliphatic hydroxyl groups is 1. The Labute approximate surface area is 148 Å². The quantitative estimate of drug-likeness (QED) is 0.605. The second-order valence-electron chi connectivity index (χ2n) is 5.75. The van der Waals surface area contributed by atoms with Crippen LogP contribution in [-0.2, 0) is 10.0 Å². The number of benzene rings is 1. The summed E-state index contributed by atoms with van der Waals surface area (Å²) < 4.78 is 41.6. The highest BCUT2D eigenvalue weighted by atomic mass is 32.2. The Morgan fingerprint density at radius 1 is 1.50 bits per heavy atom. The molecule has 2 heterocycles. The lowest BCUT2D eigenvalue weighted by Crippen LogP contribution is -2.16. The number of nitriles is 1. The number of aromatic nitrogens is 3. The van der Waals surface area contributed by atoms with Gasteiger partial charge in [-0.2, -0.15) is 10.4 Å². The number of aryl methyl sites for hydroxylation is 1. The summed E-state index contributed by atoms with van der Waals surface area (Å²) in [7, 11) is -3.98. The lowest BCUT2D eigenvalue weighted by Gasteiger charge is -2.10. The number of anilines is 1.